The van der Waals surface area contributed by atoms with Gasteiger partial charge in [-0.3, -0.25) is 18.7 Å². The fourth-order valence-electron chi connectivity index (χ4n) is 2.92. The number of rotatable bonds is 5. The van der Waals surface area contributed by atoms with E-state index >= 15 is 0 Å². The van der Waals surface area contributed by atoms with Crippen molar-refractivity contribution in [2.45, 2.75) is 13.1 Å². The number of hydrogen-bond donors (Lipinski definition) is 2. The number of halogens is 3. The maximum absolute atomic E-state index is 13.1. The highest BCUT2D eigenvalue weighted by Gasteiger charge is 2.35. The van der Waals surface area contributed by atoms with Gasteiger partial charge in [0.15, 0.2) is 22.8 Å². The van der Waals surface area contributed by atoms with Crippen molar-refractivity contribution in [3.8, 4) is 23.4 Å². The maximum Gasteiger partial charge on any atom is 0.433 e. The highest BCUT2D eigenvalue weighted by atomic mass is 19.4. The van der Waals surface area contributed by atoms with Crippen molar-refractivity contribution in [3.05, 3.63) is 62.1 Å². The fraction of sp³-hybridized carbons (Fsp3) is 0.250. The SMILES string of the molecule is COc1cc(NC(=O)c2c(O)n(C)c(=O)n(C)c2=O)ccc1Oc1ncc(C)c(C(F)(F)F)n1. The molecule has 0 saturated carbocycles. The highest BCUT2D eigenvalue weighted by molar-refractivity contribution is 6.05. The van der Waals surface area contributed by atoms with E-state index in [4.69, 9.17) is 9.47 Å². The molecule has 3 rings (SSSR count). The Morgan fingerprint density at radius 3 is 2.44 bits per heavy atom. The molecule has 1 amide bonds. The number of benzene rings is 1. The zero-order valence-corrected chi connectivity index (χ0v) is 18.2. The average molecular weight is 481 g/mol. The summed E-state index contributed by atoms with van der Waals surface area (Å²) in [5, 5.41) is 12.5. The lowest BCUT2D eigenvalue weighted by Crippen LogP contribution is -2.40. The lowest BCUT2D eigenvalue weighted by Gasteiger charge is -2.14. The summed E-state index contributed by atoms with van der Waals surface area (Å²) in [5.41, 5.74) is -3.75. The van der Waals surface area contributed by atoms with Crippen LogP contribution in [0.3, 0.4) is 0 Å². The Labute approximate surface area is 189 Å². The van der Waals surface area contributed by atoms with Crippen LogP contribution in [0.5, 0.6) is 23.4 Å². The van der Waals surface area contributed by atoms with Gasteiger partial charge in [-0.05, 0) is 24.6 Å². The smallest absolute Gasteiger partial charge is 0.433 e. The predicted octanol–water partition coefficient (Wildman–Crippen LogP) is 1.96. The van der Waals surface area contributed by atoms with Crippen molar-refractivity contribution < 1.29 is 32.5 Å². The summed E-state index contributed by atoms with van der Waals surface area (Å²) in [4.78, 5) is 43.9. The van der Waals surface area contributed by atoms with Crippen LogP contribution in [0.4, 0.5) is 18.9 Å². The van der Waals surface area contributed by atoms with Crippen molar-refractivity contribution >= 4 is 11.6 Å². The fourth-order valence-corrected chi connectivity index (χ4v) is 2.92. The molecule has 0 spiro atoms. The Bertz CT molecular complexity index is 1400. The van der Waals surface area contributed by atoms with Crippen LogP contribution in [0.2, 0.25) is 0 Å². The summed E-state index contributed by atoms with van der Waals surface area (Å²) in [5.74, 6) is -1.90. The molecule has 2 aromatic heterocycles. The number of aromatic hydroxyl groups is 1. The van der Waals surface area contributed by atoms with E-state index in [1.54, 1.807) is 0 Å². The zero-order valence-electron chi connectivity index (χ0n) is 18.2. The molecule has 0 aliphatic heterocycles. The number of aryl methyl sites for hydroxylation is 1. The molecule has 34 heavy (non-hydrogen) atoms. The summed E-state index contributed by atoms with van der Waals surface area (Å²) >= 11 is 0. The zero-order chi connectivity index (χ0) is 25.4. The molecule has 1 aromatic carbocycles. The van der Waals surface area contributed by atoms with E-state index in [-0.39, 0.29) is 22.7 Å². The van der Waals surface area contributed by atoms with E-state index in [0.29, 0.717) is 4.57 Å². The van der Waals surface area contributed by atoms with Crippen LogP contribution in [-0.2, 0) is 20.3 Å². The molecule has 0 bridgehead atoms. The Kier molecular flexibility index (Phi) is 6.34. The largest absolute Gasteiger partial charge is 0.494 e. The van der Waals surface area contributed by atoms with Crippen molar-refractivity contribution in [1.82, 2.24) is 19.1 Å². The number of carbonyl (C=O) groups is 1. The standard InChI is InChI=1S/C20H18F3N5O6/c1-9-8-24-18(26-14(9)20(21,22)23)34-11-6-5-10(7-12(11)33-4)25-15(29)13-16(30)27(2)19(32)28(3)17(13)31/h5-8,30H,1-4H3,(H,25,29). The van der Waals surface area contributed by atoms with Gasteiger partial charge in [-0.2, -0.15) is 18.2 Å². The van der Waals surface area contributed by atoms with Gasteiger partial charge in [0.05, 0.1) is 7.11 Å². The Balaban J connectivity index is 1.91. The third-order valence-corrected chi connectivity index (χ3v) is 4.70. The molecule has 2 N–H and O–H groups in total. The maximum atomic E-state index is 13.1. The van der Waals surface area contributed by atoms with Gasteiger partial charge in [0.25, 0.3) is 11.5 Å². The molecule has 0 atom stereocenters. The Hall–Kier alpha value is -4.36. The molecule has 2 heterocycles. The lowest BCUT2D eigenvalue weighted by molar-refractivity contribution is -0.142. The van der Waals surface area contributed by atoms with Crippen LogP contribution in [0.25, 0.3) is 0 Å². The van der Waals surface area contributed by atoms with E-state index < -0.39 is 46.5 Å². The lowest BCUT2D eigenvalue weighted by atomic mass is 10.2. The Morgan fingerprint density at radius 1 is 1.15 bits per heavy atom. The monoisotopic (exact) mass is 481 g/mol. The van der Waals surface area contributed by atoms with Gasteiger partial charge in [0.1, 0.15) is 0 Å². The van der Waals surface area contributed by atoms with E-state index in [1.165, 1.54) is 39.3 Å². The number of aromatic nitrogens is 4. The van der Waals surface area contributed by atoms with Gasteiger partial charge >= 0.3 is 17.9 Å². The minimum absolute atomic E-state index is 0.00637. The van der Waals surface area contributed by atoms with Crippen molar-refractivity contribution in [2.75, 3.05) is 12.4 Å². The minimum Gasteiger partial charge on any atom is -0.494 e. The first-order valence-corrected chi connectivity index (χ1v) is 9.42. The van der Waals surface area contributed by atoms with Gasteiger partial charge in [-0.1, -0.05) is 0 Å². The number of carbonyl (C=O) groups excluding carboxylic acids is 1. The second-order valence-corrected chi connectivity index (χ2v) is 7.01. The molecular weight excluding hydrogens is 463 g/mol. The molecule has 14 heteroatoms. The van der Waals surface area contributed by atoms with Crippen molar-refractivity contribution in [1.29, 1.82) is 0 Å². The molecule has 0 radical (unpaired) electrons. The molecule has 0 fully saturated rings. The van der Waals surface area contributed by atoms with Crippen LogP contribution < -0.4 is 26.0 Å². The predicted molar refractivity (Wildman–Crippen MR) is 111 cm³/mol. The highest BCUT2D eigenvalue weighted by Crippen LogP contribution is 2.35. The first kappa shape index (κ1) is 24.3. The van der Waals surface area contributed by atoms with Crippen molar-refractivity contribution in [2.24, 2.45) is 14.1 Å². The normalized spacial score (nSPS) is 11.3. The molecule has 3 aromatic rings. The van der Waals surface area contributed by atoms with Gasteiger partial charge in [-0.25, -0.2) is 9.78 Å². The quantitative estimate of drug-likeness (QED) is 0.564. The third kappa shape index (κ3) is 4.55. The second-order valence-electron chi connectivity index (χ2n) is 7.01. The average Bonchev–Trinajstić information content (AvgIpc) is 2.78. The van der Waals surface area contributed by atoms with E-state index in [9.17, 15) is 32.7 Å². The van der Waals surface area contributed by atoms with E-state index in [0.717, 1.165) is 17.8 Å². The van der Waals surface area contributed by atoms with Crippen LogP contribution in [-0.4, -0.2) is 37.2 Å². The van der Waals surface area contributed by atoms with Gasteiger partial charge in [-0.15, -0.1) is 0 Å². The summed E-state index contributed by atoms with van der Waals surface area (Å²) in [7, 11) is 3.58. The van der Waals surface area contributed by atoms with Crippen LogP contribution in [0.15, 0.2) is 34.0 Å². The topological polar surface area (TPSA) is 138 Å². The second kappa shape index (κ2) is 8.88. The summed E-state index contributed by atoms with van der Waals surface area (Å²) < 4.78 is 51.1. The van der Waals surface area contributed by atoms with E-state index in [1.807, 2.05) is 0 Å². The number of methoxy groups -OCH3 is 1. The van der Waals surface area contributed by atoms with Crippen LogP contribution in [0.1, 0.15) is 21.6 Å². The molecule has 0 aliphatic rings. The first-order valence-electron chi connectivity index (χ1n) is 9.42. The van der Waals surface area contributed by atoms with Crippen molar-refractivity contribution in [3.63, 3.8) is 0 Å². The first-order chi connectivity index (χ1) is 15.8. The molecular formula is C20H18F3N5O6. The third-order valence-electron chi connectivity index (χ3n) is 4.70. The van der Waals surface area contributed by atoms with E-state index in [2.05, 4.69) is 15.3 Å². The minimum atomic E-state index is -4.70. The number of alkyl halides is 3. The summed E-state index contributed by atoms with van der Waals surface area (Å²) in [6, 6.07) is 3.25. The number of nitrogens with one attached hydrogen (secondary N) is 1. The number of ether oxygens (including phenoxy) is 2. The van der Waals surface area contributed by atoms with Gasteiger partial charge in [0.2, 0.25) is 5.88 Å². The Morgan fingerprint density at radius 2 is 1.82 bits per heavy atom. The number of nitrogens with zero attached hydrogens (tertiary/aromatic N) is 4. The molecule has 0 unspecified atom stereocenters. The molecule has 180 valence electrons. The van der Waals surface area contributed by atoms with Gasteiger partial charge < -0.3 is 19.9 Å². The van der Waals surface area contributed by atoms with Crippen LogP contribution in [0, 0.1) is 6.92 Å². The number of hydrogen-bond acceptors (Lipinski definition) is 8. The van der Waals surface area contributed by atoms with Gasteiger partial charge in [0, 0.05) is 32.0 Å². The molecule has 0 aliphatic carbocycles. The van der Waals surface area contributed by atoms with Crippen LogP contribution >= 0.6 is 0 Å². The number of anilines is 1. The summed E-state index contributed by atoms with van der Waals surface area (Å²) in [6.07, 6.45) is -3.74. The number of amides is 1. The molecule has 11 nitrogen and oxygen atoms in total. The summed E-state index contributed by atoms with van der Waals surface area (Å²) in [6.45, 7) is 1.21. The molecule has 0 saturated heterocycles.